The molecule has 84 valence electrons. The Labute approximate surface area is 83.7 Å². The van der Waals surface area contributed by atoms with Crippen LogP contribution in [0.2, 0.25) is 0 Å². The molecule has 0 saturated carbocycles. The topological polar surface area (TPSA) is 0 Å². The molecule has 0 aromatic heterocycles. The highest BCUT2D eigenvalue weighted by Crippen LogP contribution is 2.36. The Hall–Kier alpha value is -1.13. The Morgan fingerprint density at radius 3 is 2.00 bits per heavy atom. The van der Waals surface area contributed by atoms with Crippen molar-refractivity contribution in [1.82, 2.24) is 0 Å². The van der Waals surface area contributed by atoms with Crippen molar-refractivity contribution in [2.24, 2.45) is 0 Å². The third-order valence-corrected chi connectivity index (χ3v) is 1.98. The van der Waals surface area contributed by atoms with Gasteiger partial charge in [0.15, 0.2) is 0 Å². The van der Waals surface area contributed by atoms with Crippen LogP contribution in [0.4, 0.5) is 22.0 Å². The van der Waals surface area contributed by atoms with E-state index in [2.05, 4.69) is 0 Å². The molecule has 0 aliphatic rings. The van der Waals surface area contributed by atoms with Crippen molar-refractivity contribution in [1.29, 1.82) is 0 Å². The van der Waals surface area contributed by atoms with Crippen LogP contribution in [-0.4, -0.2) is 0 Å². The fraction of sp³-hybridized carbons (Fsp3) is 0.400. The normalized spacial score (nSPS) is 12.3. The standard InChI is InChI=1S/C10H9F5/c1-5(2)9-7(10(13,14)15)3-6(11)4-8(9)12/h3-5H,1-2H3. The fourth-order valence-corrected chi connectivity index (χ4v) is 1.41. The Bertz CT molecular complexity index is 365. The molecular weight excluding hydrogens is 215 g/mol. The van der Waals surface area contributed by atoms with Crippen LogP contribution in [0.25, 0.3) is 0 Å². The zero-order chi connectivity index (χ0) is 11.8. The first-order chi connectivity index (χ1) is 6.73. The molecule has 15 heavy (non-hydrogen) atoms. The third-order valence-electron chi connectivity index (χ3n) is 1.98. The molecule has 0 unspecified atom stereocenters. The van der Waals surface area contributed by atoms with Gasteiger partial charge < -0.3 is 0 Å². The number of benzene rings is 1. The van der Waals surface area contributed by atoms with E-state index in [1.165, 1.54) is 13.8 Å². The molecule has 0 heterocycles. The SMILES string of the molecule is CC(C)c1c(F)cc(F)cc1C(F)(F)F. The summed E-state index contributed by atoms with van der Waals surface area (Å²) in [7, 11) is 0. The first-order valence-electron chi connectivity index (χ1n) is 4.29. The number of hydrogen-bond acceptors (Lipinski definition) is 0. The van der Waals surface area contributed by atoms with Crippen LogP contribution >= 0.6 is 0 Å². The lowest BCUT2D eigenvalue weighted by Crippen LogP contribution is -2.12. The summed E-state index contributed by atoms with van der Waals surface area (Å²) in [6.45, 7) is 2.84. The van der Waals surface area contributed by atoms with Crippen LogP contribution in [0, 0.1) is 11.6 Å². The quantitative estimate of drug-likeness (QED) is 0.630. The number of hydrogen-bond donors (Lipinski definition) is 0. The Kier molecular flexibility index (Phi) is 3.02. The molecule has 0 N–H and O–H groups in total. The second-order valence-electron chi connectivity index (χ2n) is 3.50. The maximum atomic E-state index is 13.2. The molecule has 0 radical (unpaired) electrons. The Morgan fingerprint density at radius 2 is 1.60 bits per heavy atom. The van der Waals surface area contributed by atoms with Crippen LogP contribution in [0.1, 0.15) is 30.9 Å². The molecule has 0 atom stereocenters. The monoisotopic (exact) mass is 224 g/mol. The van der Waals surface area contributed by atoms with Gasteiger partial charge in [0.25, 0.3) is 0 Å². The minimum absolute atomic E-state index is 0.318. The predicted molar refractivity (Wildman–Crippen MR) is 45.4 cm³/mol. The molecule has 0 saturated heterocycles. The first kappa shape index (κ1) is 11.9. The zero-order valence-corrected chi connectivity index (χ0v) is 8.12. The van der Waals surface area contributed by atoms with E-state index in [1.807, 2.05) is 0 Å². The van der Waals surface area contributed by atoms with Crippen molar-refractivity contribution in [3.63, 3.8) is 0 Å². The Balaban J connectivity index is 3.47. The molecule has 0 fully saturated rings. The lowest BCUT2D eigenvalue weighted by molar-refractivity contribution is -0.138. The van der Waals surface area contributed by atoms with Crippen molar-refractivity contribution in [3.05, 3.63) is 34.9 Å². The maximum absolute atomic E-state index is 13.2. The first-order valence-corrected chi connectivity index (χ1v) is 4.29. The van der Waals surface area contributed by atoms with Gasteiger partial charge in [0.1, 0.15) is 11.6 Å². The number of rotatable bonds is 1. The molecule has 5 heteroatoms. The van der Waals surface area contributed by atoms with E-state index in [0.29, 0.717) is 12.1 Å². The van der Waals surface area contributed by atoms with Crippen LogP contribution in [0.15, 0.2) is 12.1 Å². The molecule has 0 bridgehead atoms. The van der Waals surface area contributed by atoms with Crippen LogP contribution in [-0.2, 0) is 6.18 Å². The maximum Gasteiger partial charge on any atom is 0.416 e. The van der Waals surface area contributed by atoms with Gasteiger partial charge in [-0.25, -0.2) is 8.78 Å². The van der Waals surface area contributed by atoms with E-state index >= 15 is 0 Å². The second-order valence-corrected chi connectivity index (χ2v) is 3.50. The van der Waals surface area contributed by atoms with Gasteiger partial charge in [-0.15, -0.1) is 0 Å². The largest absolute Gasteiger partial charge is 0.416 e. The van der Waals surface area contributed by atoms with Crippen LogP contribution in [0.5, 0.6) is 0 Å². The predicted octanol–water partition coefficient (Wildman–Crippen LogP) is 4.11. The van der Waals surface area contributed by atoms with Gasteiger partial charge in [-0.2, -0.15) is 13.2 Å². The fourth-order valence-electron chi connectivity index (χ4n) is 1.41. The molecule has 0 aliphatic carbocycles. The molecule has 1 rings (SSSR count). The highest BCUT2D eigenvalue weighted by atomic mass is 19.4. The minimum atomic E-state index is -4.73. The van der Waals surface area contributed by atoms with E-state index < -0.39 is 34.9 Å². The van der Waals surface area contributed by atoms with E-state index in [-0.39, 0.29) is 0 Å². The summed E-state index contributed by atoms with van der Waals surface area (Å²) in [5.74, 6) is -3.02. The zero-order valence-electron chi connectivity index (χ0n) is 8.12. The summed E-state index contributed by atoms with van der Waals surface area (Å²) in [6.07, 6.45) is -4.73. The van der Waals surface area contributed by atoms with Crippen molar-refractivity contribution in [2.75, 3.05) is 0 Å². The van der Waals surface area contributed by atoms with Gasteiger partial charge in [-0.3, -0.25) is 0 Å². The van der Waals surface area contributed by atoms with Gasteiger partial charge in [-0.1, -0.05) is 13.8 Å². The van der Waals surface area contributed by atoms with Crippen molar-refractivity contribution < 1.29 is 22.0 Å². The number of alkyl halides is 3. The van der Waals surface area contributed by atoms with Gasteiger partial charge in [0.2, 0.25) is 0 Å². The summed E-state index contributed by atoms with van der Waals surface area (Å²) in [5, 5.41) is 0. The van der Waals surface area contributed by atoms with E-state index in [9.17, 15) is 22.0 Å². The minimum Gasteiger partial charge on any atom is -0.207 e. The average Bonchev–Trinajstić information content (AvgIpc) is 1.99. The van der Waals surface area contributed by atoms with Crippen molar-refractivity contribution in [3.8, 4) is 0 Å². The molecule has 1 aromatic rings. The molecule has 0 amide bonds. The van der Waals surface area contributed by atoms with Crippen LogP contribution in [0.3, 0.4) is 0 Å². The summed E-state index contributed by atoms with van der Waals surface area (Å²) >= 11 is 0. The molecule has 0 spiro atoms. The van der Waals surface area contributed by atoms with Gasteiger partial charge in [0.05, 0.1) is 5.56 Å². The highest BCUT2D eigenvalue weighted by molar-refractivity contribution is 5.34. The molecule has 0 nitrogen and oxygen atoms in total. The summed E-state index contributed by atoms with van der Waals surface area (Å²) in [6, 6.07) is 0.781. The van der Waals surface area contributed by atoms with Crippen LogP contribution < -0.4 is 0 Å². The van der Waals surface area contributed by atoms with Crippen molar-refractivity contribution in [2.45, 2.75) is 25.9 Å². The number of halogens is 5. The van der Waals surface area contributed by atoms with Crippen molar-refractivity contribution >= 4 is 0 Å². The lowest BCUT2D eigenvalue weighted by Gasteiger charge is -2.16. The smallest absolute Gasteiger partial charge is 0.207 e. The molecular formula is C10H9F5. The van der Waals surface area contributed by atoms with E-state index in [4.69, 9.17) is 0 Å². The van der Waals surface area contributed by atoms with E-state index in [0.717, 1.165) is 0 Å². The van der Waals surface area contributed by atoms with E-state index in [1.54, 1.807) is 0 Å². The highest BCUT2D eigenvalue weighted by Gasteiger charge is 2.36. The summed E-state index contributed by atoms with van der Waals surface area (Å²) < 4.78 is 63.1. The Morgan fingerprint density at radius 1 is 1.07 bits per heavy atom. The van der Waals surface area contributed by atoms with Gasteiger partial charge in [0, 0.05) is 11.6 Å². The molecule has 1 aromatic carbocycles. The average molecular weight is 224 g/mol. The summed E-state index contributed by atoms with van der Waals surface area (Å²) in [4.78, 5) is 0. The lowest BCUT2D eigenvalue weighted by atomic mass is 9.96. The second kappa shape index (κ2) is 3.79. The molecule has 0 aliphatic heterocycles. The summed E-state index contributed by atoms with van der Waals surface area (Å²) in [5.41, 5.74) is -1.74. The third kappa shape index (κ3) is 2.46. The van der Waals surface area contributed by atoms with Gasteiger partial charge >= 0.3 is 6.18 Å². The van der Waals surface area contributed by atoms with Gasteiger partial charge in [-0.05, 0) is 12.0 Å².